The molecule has 0 saturated carbocycles. The number of hydrogen-bond acceptors (Lipinski definition) is 3. The number of piperidine rings is 1. The second-order valence-electron chi connectivity index (χ2n) is 9.32. The number of nitrogens with one attached hydrogen (secondary N) is 2. The highest BCUT2D eigenvalue weighted by Gasteiger charge is 2.29. The monoisotopic (exact) mass is 575 g/mol. The molecular formula is C27H38IN5O. The lowest BCUT2D eigenvalue weighted by molar-refractivity contribution is 0.0724. The zero-order valence-electron chi connectivity index (χ0n) is 20.4. The molecule has 0 aliphatic carbocycles. The van der Waals surface area contributed by atoms with Crippen molar-refractivity contribution in [1.82, 2.24) is 20.4 Å². The normalized spacial score (nSPS) is 21.1. The third kappa shape index (κ3) is 7.18. The van der Waals surface area contributed by atoms with Crippen molar-refractivity contribution in [3.05, 3.63) is 71.3 Å². The van der Waals surface area contributed by atoms with E-state index in [1.54, 1.807) is 0 Å². The van der Waals surface area contributed by atoms with E-state index in [9.17, 15) is 4.79 Å². The molecule has 4 rings (SSSR count). The molecular weight excluding hydrogens is 537 g/mol. The first-order valence-electron chi connectivity index (χ1n) is 12.3. The SMILES string of the molecule is CN=C(NCc1ccc(C(=O)N2CCCCC2)cc1)NC1CC(C)N(Cc2ccccc2)C1.I. The second kappa shape index (κ2) is 13.1. The maximum Gasteiger partial charge on any atom is 0.253 e. The van der Waals surface area contributed by atoms with Crippen molar-refractivity contribution in [2.24, 2.45) is 4.99 Å². The number of carbonyl (C=O) groups is 1. The van der Waals surface area contributed by atoms with Crippen LogP contribution in [0.2, 0.25) is 0 Å². The fourth-order valence-electron chi connectivity index (χ4n) is 4.86. The quantitative estimate of drug-likeness (QED) is 0.307. The number of likely N-dealkylation sites (tertiary alicyclic amines) is 2. The summed E-state index contributed by atoms with van der Waals surface area (Å²) in [6.07, 6.45) is 4.56. The smallest absolute Gasteiger partial charge is 0.253 e. The highest BCUT2D eigenvalue weighted by molar-refractivity contribution is 14.0. The lowest BCUT2D eigenvalue weighted by atomic mass is 10.1. The van der Waals surface area contributed by atoms with E-state index in [1.807, 2.05) is 36.2 Å². The minimum absolute atomic E-state index is 0. The molecule has 2 N–H and O–H groups in total. The molecule has 2 heterocycles. The Kier molecular flexibility index (Phi) is 10.2. The van der Waals surface area contributed by atoms with Gasteiger partial charge in [-0.15, -0.1) is 24.0 Å². The number of halogens is 1. The Balaban J connectivity index is 0.00000324. The van der Waals surface area contributed by atoms with Crippen molar-refractivity contribution < 1.29 is 4.79 Å². The summed E-state index contributed by atoms with van der Waals surface area (Å²) in [5.41, 5.74) is 3.27. The third-order valence-corrected chi connectivity index (χ3v) is 6.80. The summed E-state index contributed by atoms with van der Waals surface area (Å²) in [6, 6.07) is 19.5. The number of hydrogen-bond donors (Lipinski definition) is 2. The molecule has 0 spiro atoms. The van der Waals surface area contributed by atoms with Gasteiger partial charge < -0.3 is 15.5 Å². The van der Waals surface area contributed by atoms with Crippen molar-refractivity contribution in [1.29, 1.82) is 0 Å². The van der Waals surface area contributed by atoms with E-state index < -0.39 is 0 Å². The van der Waals surface area contributed by atoms with Crippen molar-refractivity contribution in [2.45, 2.75) is 57.8 Å². The van der Waals surface area contributed by atoms with Gasteiger partial charge >= 0.3 is 0 Å². The Morgan fingerprint density at radius 1 is 1.00 bits per heavy atom. The van der Waals surface area contributed by atoms with Crippen LogP contribution in [0.15, 0.2) is 59.6 Å². The predicted molar refractivity (Wildman–Crippen MR) is 150 cm³/mol. The summed E-state index contributed by atoms with van der Waals surface area (Å²) in [7, 11) is 1.82. The van der Waals surface area contributed by atoms with Gasteiger partial charge in [0, 0.05) is 57.4 Å². The van der Waals surface area contributed by atoms with Crippen LogP contribution in [0.3, 0.4) is 0 Å². The van der Waals surface area contributed by atoms with E-state index in [1.165, 1.54) is 12.0 Å². The van der Waals surface area contributed by atoms with Gasteiger partial charge in [0.05, 0.1) is 0 Å². The molecule has 34 heavy (non-hydrogen) atoms. The molecule has 184 valence electrons. The van der Waals surface area contributed by atoms with E-state index in [0.717, 1.165) is 62.5 Å². The number of aliphatic imine (C=N–C) groups is 1. The summed E-state index contributed by atoms with van der Waals surface area (Å²) in [5.74, 6) is 0.976. The molecule has 2 unspecified atom stereocenters. The zero-order valence-corrected chi connectivity index (χ0v) is 22.7. The minimum atomic E-state index is 0. The molecule has 6 nitrogen and oxygen atoms in total. The van der Waals surface area contributed by atoms with Crippen molar-refractivity contribution in [3.63, 3.8) is 0 Å². The van der Waals surface area contributed by atoms with E-state index in [4.69, 9.17) is 0 Å². The van der Waals surface area contributed by atoms with Gasteiger partial charge in [-0.3, -0.25) is 14.7 Å². The van der Waals surface area contributed by atoms with Crippen LogP contribution in [0, 0.1) is 0 Å². The Morgan fingerprint density at radius 3 is 2.38 bits per heavy atom. The van der Waals surface area contributed by atoms with Crippen LogP contribution < -0.4 is 10.6 Å². The fourth-order valence-corrected chi connectivity index (χ4v) is 4.86. The standard InChI is InChI=1S/C27H37N5O.HI/c1-21-17-25(20-32(21)19-23-9-5-3-6-10-23)30-27(28-2)29-18-22-11-13-24(14-12-22)26(33)31-15-7-4-8-16-31;/h3,5-6,9-14,21,25H,4,7-8,15-20H2,1-2H3,(H2,28,29,30);1H. The van der Waals surface area contributed by atoms with Crippen molar-refractivity contribution in [2.75, 3.05) is 26.7 Å². The largest absolute Gasteiger partial charge is 0.352 e. The van der Waals surface area contributed by atoms with Gasteiger partial charge in [-0.05, 0) is 55.9 Å². The van der Waals surface area contributed by atoms with E-state index in [-0.39, 0.29) is 29.9 Å². The van der Waals surface area contributed by atoms with Gasteiger partial charge in [-0.1, -0.05) is 42.5 Å². The molecule has 0 bridgehead atoms. The van der Waals surface area contributed by atoms with Gasteiger partial charge in [0.15, 0.2) is 5.96 Å². The number of amides is 1. The molecule has 2 aliphatic rings. The Bertz CT molecular complexity index is 928. The van der Waals surface area contributed by atoms with E-state index in [0.29, 0.717) is 18.6 Å². The van der Waals surface area contributed by atoms with Crippen LogP contribution >= 0.6 is 24.0 Å². The number of carbonyl (C=O) groups excluding carboxylic acids is 1. The van der Waals surface area contributed by atoms with Gasteiger partial charge in [0.2, 0.25) is 0 Å². The lowest BCUT2D eigenvalue weighted by Crippen LogP contribution is -2.44. The third-order valence-electron chi connectivity index (χ3n) is 6.80. The molecule has 2 aromatic carbocycles. The van der Waals surface area contributed by atoms with Crippen LogP contribution in [0.5, 0.6) is 0 Å². The maximum atomic E-state index is 12.7. The first-order valence-corrected chi connectivity index (χ1v) is 12.3. The number of rotatable bonds is 6. The molecule has 0 radical (unpaired) electrons. The second-order valence-corrected chi connectivity index (χ2v) is 9.32. The summed E-state index contributed by atoms with van der Waals surface area (Å²) in [6.45, 7) is 6.72. The molecule has 2 fully saturated rings. The first kappa shape index (κ1) is 26.5. The molecule has 7 heteroatoms. The summed E-state index contributed by atoms with van der Waals surface area (Å²) >= 11 is 0. The molecule has 2 saturated heterocycles. The van der Waals surface area contributed by atoms with Gasteiger partial charge in [0.1, 0.15) is 0 Å². The van der Waals surface area contributed by atoms with Crippen LogP contribution in [0.25, 0.3) is 0 Å². The topological polar surface area (TPSA) is 60.0 Å². The Morgan fingerprint density at radius 2 is 1.71 bits per heavy atom. The molecule has 1 amide bonds. The number of nitrogens with zero attached hydrogens (tertiary/aromatic N) is 3. The van der Waals surface area contributed by atoms with Crippen molar-refractivity contribution in [3.8, 4) is 0 Å². The highest BCUT2D eigenvalue weighted by Crippen LogP contribution is 2.20. The van der Waals surface area contributed by atoms with E-state index in [2.05, 4.69) is 57.8 Å². The summed E-state index contributed by atoms with van der Waals surface area (Å²) < 4.78 is 0. The van der Waals surface area contributed by atoms with Gasteiger partial charge in [-0.2, -0.15) is 0 Å². The molecule has 2 atom stereocenters. The number of guanidine groups is 1. The van der Waals surface area contributed by atoms with Crippen LogP contribution in [0.1, 0.15) is 54.1 Å². The highest BCUT2D eigenvalue weighted by atomic mass is 127. The van der Waals surface area contributed by atoms with Gasteiger partial charge in [-0.25, -0.2) is 0 Å². The number of benzene rings is 2. The molecule has 2 aromatic rings. The van der Waals surface area contributed by atoms with E-state index >= 15 is 0 Å². The average Bonchev–Trinajstić information content (AvgIpc) is 3.21. The maximum absolute atomic E-state index is 12.7. The van der Waals surface area contributed by atoms with Crippen molar-refractivity contribution >= 4 is 35.8 Å². The minimum Gasteiger partial charge on any atom is -0.352 e. The first-order chi connectivity index (χ1) is 16.1. The summed E-state index contributed by atoms with van der Waals surface area (Å²) in [5, 5.41) is 7.02. The molecule has 0 aromatic heterocycles. The predicted octanol–water partition coefficient (Wildman–Crippen LogP) is 4.26. The van der Waals surface area contributed by atoms with Gasteiger partial charge in [0.25, 0.3) is 5.91 Å². The molecule has 2 aliphatic heterocycles. The lowest BCUT2D eigenvalue weighted by Gasteiger charge is -2.26. The fraction of sp³-hybridized carbons (Fsp3) is 0.481. The average molecular weight is 576 g/mol. The summed E-state index contributed by atoms with van der Waals surface area (Å²) in [4.78, 5) is 21.6. The Hall–Kier alpha value is -2.13. The van der Waals surface area contributed by atoms with Crippen LogP contribution in [0.4, 0.5) is 0 Å². The van der Waals surface area contributed by atoms with Crippen LogP contribution in [-0.4, -0.2) is 60.4 Å². The zero-order chi connectivity index (χ0) is 23.0. The Labute approximate surface area is 221 Å². The van der Waals surface area contributed by atoms with Crippen LogP contribution in [-0.2, 0) is 13.1 Å².